The maximum absolute atomic E-state index is 11.8. The second kappa shape index (κ2) is 5.84. The Morgan fingerprint density at radius 2 is 2.32 bits per heavy atom. The molecule has 1 aromatic heterocycles. The van der Waals surface area contributed by atoms with E-state index in [0.717, 1.165) is 23.0 Å². The van der Waals surface area contributed by atoms with E-state index in [1.54, 1.807) is 6.33 Å². The Kier molecular flexibility index (Phi) is 4.16. The van der Waals surface area contributed by atoms with Crippen LogP contribution in [-0.4, -0.2) is 22.0 Å². The van der Waals surface area contributed by atoms with Crippen molar-refractivity contribution >= 4 is 16.9 Å². The molecule has 1 amide bonds. The largest absolute Gasteiger partial charge is 0.352 e. The predicted octanol–water partition coefficient (Wildman–Crippen LogP) is 1.17. The molecule has 1 heterocycles. The Morgan fingerprint density at radius 1 is 1.53 bits per heavy atom. The van der Waals surface area contributed by atoms with Crippen LogP contribution < -0.4 is 11.1 Å². The third kappa shape index (κ3) is 2.93. The number of nitrogens with zero attached hydrogens (tertiary/aromatic N) is 2. The third-order valence-corrected chi connectivity index (χ3v) is 3.40. The lowest BCUT2D eigenvalue weighted by Crippen LogP contribution is -2.34. The van der Waals surface area contributed by atoms with Gasteiger partial charge >= 0.3 is 0 Å². The van der Waals surface area contributed by atoms with Crippen LogP contribution in [0.5, 0.6) is 0 Å². The maximum Gasteiger partial charge on any atom is 0.224 e. The molecule has 0 fully saturated rings. The van der Waals surface area contributed by atoms with Gasteiger partial charge in [0, 0.05) is 26.1 Å². The molecular weight excluding hydrogens is 240 g/mol. The van der Waals surface area contributed by atoms with Crippen molar-refractivity contribution in [2.45, 2.75) is 19.9 Å². The van der Waals surface area contributed by atoms with Gasteiger partial charge in [-0.05, 0) is 24.1 Å². The van der Waals surface area contributed by atoms with E-state index in [9.17, 15) is 4.79 Å². The summed E-state index contributed by atoms with van der Waals surface area (Å²) < 4.78 is 1.97. The van der Waals surface area contributed by atoms with Gasteiger partial charge in [-0.2, -0.15) is 0 Å². The van der Waals surface area contributed by atoms with Crippen molar-refractivity contribution < 1.29 is 4.79 Å². The molecular formula is C14H20N4O. The van der Waals surface area contributed by atoms with E-state index in [2.05, 4.69) is 10.3 Å². The Hall–Kier alpha value is -1.88. The zero-order valence-electron chi connectivity index (χ0n) is 11.4. The second-order valence-electron chi connectivity index (χ2n) is 4.74. The lowest BCUT2D eigenvalue weighted by molar-refractivity contribution is -0.124. The Labute approximate surface area is 112 Å². The number of carbonyl (C=O) groups excluding carboxylic acids is 1. The Balaban J connectivity index is 2.03. The van der Waals surface area contributed by atoms with Crippen LogP contribution in [0.25, 0.3) is 11.0 Å². The normalized spacial score (nSPS) is 12.6. The van der Waals surface area contributed by atoms with Gasteiger partial charge in [-0.3, -0.25) is 4.79 Å². The average molecular weight is 260 g/mol. The lowest BCUT2D eigenvalue weighted by atomic mass is 10.1. The first-order valence-electron chi connectivity index (χ1n) is 6.53. The van der Waals surface area contributed by atoms with Gasteiger partial charge in [0.05, 0.1) is 17.4 Å². The van der Waals surface area contributed by atoms with Crippen LogP contribution in [0.1, 0.15) is 18.9 Å². The van der Waals surface area contributed by atoms with E-state index in [4.69, 9.17) is 5.73 Å². The van der Waals surface area contributed by atoms with Crippen molar-refractivity contribution in [1.82, 2.24) is 14.9 Å². The van der Waals surface area contributed by atoms with Crippen molar-refractivity contribution in [3.05, 3.63) is 30.1 Å². The summed E-state index contributed by atoms with van der Waals surface area (Å²) in [4.78, 5) is 16.1. The number of amides is 1. The highest BCUT2D eigenvalue weighted by Gasteiger charge is 2.13. The molecule has 0 aliphatic heterocycles. The van der Waals surface area contributed by atoms with Crippen LogP contribution in [0, 0.1) is 5.92 Å². The van der Waals surface area contributed by atoms with Crippen LogP contribution in [0.4, 0.5) is 0 Å². The number of benzene rings is 1. The molecule has 19 heavy (non-hydrogen) atoms. The first-order valence-corrected chi connectivity index (χ1v) is 6.53. The molecule has 102 valence electrons. The number of hydrogen-bond acceptors (Lipinski definition) is 3. The molecule has 0 bridgehead atoms. The number of nitrogens with one attached hydrogen (secondary N) is 1. The summed E-state index contributed by atoms with van der Waals surface area (Å²) >= 11 is 0. The zero-order valence-corrected chi connectivity index (χ0v) is 11.4. The van der Waals surface area contributed by atoms with Gasteiger partial charge in [0.2, 0.25) is 5.91 Å². The number of rotatable bonds is 5. The molecule has 3 N–H and O–H groups in total. The van der Waals surface area contributed by atoms with Gasteiger partial charge < -0.3 is 15.6 Å². The summed E-state index contributed by atoms with van der Waals surface area (Å²) in [6.45, 7) is 2.88. The fraction of sp³-hybridized carbons (Fsp3) is 0.429. The average Bonchev–Trinajstić information content (AvgIpc) is 2.79. The summed E-state index contributed by atoms with van der Waals surface area (Å²) in [7, 11) is 1.96. The number of carbonyl (C=O) groups is 1. The summed E-state index contributed by atoms with van der Waals surface area (Å²) in [6.07, 6.45) is 2.55. The molecule has 2 rings (SSSR count). The molecule has 1 unspecified atom stereocenters. The minimum atomic E-state index is -0.0985. The van der Waals surface area contributed by atoms with Crippen molar-refractivity contribution in [3.8, 4) is 0 Å². The fourth-order valence-electron chi connectivity index (χ4n) is 2.08. The summed E-state index contributed by atoms with van der Waals surface area (Å²) in [5.74, 6) is -0.0790. The van der Waals surface area contributed by atoms with Crippen LogP contribution >= 0.6 is 0 Å². The second-order valence-corrected chi connectivity index (χ2v) is 4.74. The van der Waals surface area contributed by atoms with Gasteiger partial charge in [0.25, 0.3) is 0 Å². The smallest absolute Gasteiger partial charge is 0.224 e. The number of imidazole rings is 1. The van der Waals surface area contributed by atoms with Crippen molar-refractivity contribution in [3.63, 3.8) is 0 Å². The van der Waals surface area contributed by atoms with E-state index >= 15 is 0 Å². The molecule has 0 aliphatic rings. The van der Waals surface area contributed by atoms with Crippen LogP contribution in [0.15, 0.2) is 24.5 Å². The van der Waals surface area contributed by atoms with E-state index < -0.39 is 0 Å². The molecule has 5 nitrogen and oxygen atoms in total. The quantitative estimate of drug-likeness (QED) is 0.847. The first kappa shape index (κ1) is 13.5. The molecule has 2 aromatic rings. The van der Waals surface area contributed by atoms with Gasteiger partial charge in [-0.1, -0.05) is 13.0 Å². The van der Waals surface area contributed by atoms with E-state index in [1.807, 2.05) is 36.7 Å². The van der Waals surface area contributed by atoms with Crippen molar-refractivity contribution in [2.75, 3.05) is 6.54 Å². The minimum Gasteiger partial charge on any atom is -0.352 e. The predicted molar refractivity (Wildman–Crippen MR) is 75.4 cm³/mol. The first-order chi connectivity index (χ1) is 9.15. The van der Waals surface area contributed by atoms with Crippen LogP contribution in [-0.2, 0) is 18.4 Å². The van der Waals surface area contributed by atoms with Crippen molar-refractivity contribution in [1.29, 1.82) is 0 Å². The van der Waals surface area contributed by atoms with E-state index in [0.29, 0.717) is 13.1 Å². The highest BCUT2D eigenvalue weighted by Crippen LogP contribution is 2.13. The number of hydrogen-bond donors (Lipinski definition) is 2. The van der Waals surface area contributed by atoms with Gasteiger partial charge in [0.1, 0.15) is 0 Å². The molecule has 0 radical (unpaired) electrons. The van der Waals surface area contributed by atoms with Gasteiger partial charge in [-0.15, -0.1) is 0 Å². The molecule has 0 saturated heterocycles. The maximum atomic E-state index is 11.8. The third-order valence-electron chi connectivity index (χ3n) is 3.40. The summed E-state index contributed by atoms with van der Waals surface area (Å²) in [5.41, 5.74) is 8.64. The fourth-order valence-corrected chi connectivity index (χ4v) is 2.08. The highest BCUT2D eigenvalue weighted by molar-refractivity contribution is 5.79. The summed E-state index contributed by atoms with van der Waals surface area (Å²) in [6, 6.07) is 6.02. The molecule has 1 atom stereocenters. The van der Waals surface area contributed by atoms with Crippen LogP contribution in [0.3, 0.4) is 0 Å². The number of aryl methyl sites for hydroxylation is 1. The monoisotopic (exact) mass is 260 g/mol. The molecule has 0 saturated carbocycles. The minimum absolute atomic E-state index is 0.0196. The van der Waals surface area contributed by atoms with Crippen LogP contribution in [0.2, 0.25) is 0 Å². The molecule has 5 heteroatoms. The molecule has 0 spiro atoms. The molecule has 1 aromatic carbocycles. The topological polar surface area (TPSA) is 72.9 Å². The SMILES string of the molecule is CCC(CN)C(=O)NCc1ccc2c(c1)ncn2C. The summed E-state index contributed by atoms with van der Waals surface area (Å²) in [5, 5.41) is 2.92. The Bertz CT molecular complexity index is 572. The van der Waals surface area contributed by atoms with Gasteiger partial charge in [0.15, 0.2) is 0 Å². The highest BCUT2D eigenvalue weighted by atomic mass is 16.1. The lowest BCUT2D eigenvalue weighted by Gasteiger charge is -2.12. The number of nitrogens with two attached hydrogens (primary N) is 1. The van der Waals surface area contributed by atoms with E-state index in [1.165, 1.54) is 0 Å². The number of aromatic nitrogens is 2. The van der Waals surface area contributed by atoms with Gasteiger partial charge in [-0.25, -0.2) is 4.98 Å². The van der Waals surface area contributed by atoms with E-state index in [-0.39, 0.29) is 11.8 Å². The standard InChI is InChI=1S/C14H20N4O/c1-3-11(7-15)14(19)16-8-10-4-5-13-12(6-10)17-9-18(13)2/h4-6,9,11H,3,7-8,15H2,1-2H3,(H,16,19). The van der Waals surface area contributed by atoms with Crippen molar-refractivity contribution in [2.24, 2.45) is 18.7 Å². The zero-order chi connectivity index (χ0) is 13.8. The Morgan fingerprint density at radius 3 is 3.00 bits per heavy atom. The molecule has 0 aliphatic carbocycles. The number of fused-ring (bicyclic) bond motifs is 1.